The second-order valence-corrected chi connectivity index (χ2v) is 21.8. The zero-order valence-corrected chi connectivity index (χ0v) is 44.5. The molecule has 3 heterocycles. The number of nitrogens with two attached hydrogens (primary N) is 1. The average molecular weight is 1080 g/mol. The Hall–Kier alpha value is -2.82. The third-order valence-electron chi connectivity index (χ3n) is 10.4. The summed E-state index contributed by atoms with van der Waals surface area (Å²) in [6.45, 7) is 2.44. The van der Waals surface area contributed by atoms with Gasteiger partial charge >= 0.3 is 0 Å². The van der Waals surface area contributed by atoms with Gasteiger partial charge in [0.05, 0.1) is 19.5 Å². The number of ether oxygens (including phenoxy) is 1. The number of imidazole rings is 1. The van der Waals surface area contributed by atoms with Gasteiger partial charge in [0.2, 0.25) is 11.8 Å². The molecule has 0 spiro atoms. The number of quaternary nitrogens is 3. The first kappa shape index (κ1) is 67.2. The van der Waals surface area contributed by atoms with Crippen molar-refractivity contribution in [3.63, 3.8) is 0 Å². The van der Waals surface area contributed by atoms with E-state index in [0.717, 1.165) is 73.9 Å². The molecule has 406 valence electrons. The number of amides is 2. The minimum atomic E-state index is -5.90. The molecule has 8 atom stereocenters. The summed E-state index contributed by atoms with van der Waals surface area (Å²) in [6, 6.07) is 0. The second-order valence-electron chi connectivity index (χ2n) is 16.6. The maximum atomic E-state index is 12.6. The number of fused-ring (bicyclic) bond motifs is 1. The number of hydrogen-bond acceptors (Lipinski definition) is 21. The van der Waals surface area contributed by atoms with Crippen molar-refractivity contribution in [3.05, 3.63) is 24.8 Å². The number of carbonyl (C=O) groups excluding carboxylic acids is 3. The van der Waals surface area contributed by atoms with Crippen molar-refractivity contribution in [3.8, 4) is 0 Å². The molecule has 70 heavy (non-hydrogen) atoms. The van der Waals surface area contributed by atoms with Gasteiger partial charge in [-0.2, -0.15) is 0 Å². The molecule has 19 N–H and O–H groups in total. The Kier molecular flexibility index (Phi) is 31.8. The lowest BCUT2D eigenvalue weighted by atomic mass is 9.87. The average Bonchev–Trinajstić information content (AvgIpc) is 3.81. The Balaban J connectivity index is 0.0000159. The fraction of sp³-hybridized carbons (Fsp3) is 0.744. The molecule has 27 nitrogen and oxygen atoms in total. The van der Waals surface area contributed by atoms with E-state index in [1.54, 1.807) is 0 Å². The summed E-state index contributed by atoms with van der Waals surface area (Å²) in [6.07, 6.45) is 12.9. The number of aliphatic hydroxyl groups excluding tert-OH is 2. The maximum Gasteiger partial charge on any atom is 0.274 e. The summed E-state index contributed by atoms with van der Waals surface area (Å²) in [7, 11) is -17.3. The summed E-state index contributed by atoms with van der Waals surface area (Å²) >= 11 is 1.14. The minimum absolute atomic E-state index is 0. The highest BCUT2D eigenvalue weighted by molar-refractivity contribution is 8.13. The standard InChI is InChI=1S/C39H68N7O17P3S.3H3N/c1-4-5-6-7-8-9-10-11-12-13-14-15-16-17-18-19-30(48)67-23-22-41-29(47)20-21-42-37(51)34(50)39(2,3)25-60-66(57,58)63-65(55,56)59-24-28-33(62-64(52,53)54)32(49)38(61-28)46-27-45-31-35(40)43-26-44-36(31)46;;;/h11-12,26-28,32-34,38,49-50H,4-10,13-25H2,1-3H3,(H,41,47)(H,42,51)(H,55,56)(H,57,58)(H2,40,43,44)(H2,52,53,54);3*1H3/b12-11-;;;/t28-,32-,33-,34+,38-;;;/m1.../s1. The highest BCUT2D eigenvalue weighted by Gasteiger charge is 2.48. The van der Waals surface area contributed by atoms with E-state index in [2.05, 4.69) is 62.5 Å². The van der Waals surface area contributed by atoms with Crippen LogP contribution in [0.4, 0.5) is 5.82 Å². The molecule has 0 aliphatic carbocycles. The maximum absolute atomic E-state index is 12.6. The zero-order chi connectivity index (χ0) is 49.7. The van der Waals surface area contributed by atoms with Gasteiger partial charge in [-0.15, -0.1) is 0 Å². The molecule has 0 radical (unpaired) electrons. The van der Waals surface area contributed by atoms with Crippen LogP contribution >= 0.6 is 35.2 Å². The molecule has 31 heteroatoms. The largest absolute Gasteiger partial charge is 0.756 e. The third-order valence-corrected chi connectivity index (χ3v) is 14.3. The van der Waals surface area contributed by atoms with Crippen LogP contribution in [0.5, 0.6) is 0 Å². The lowest BCUT2D eigenvalue weighted by molar-refractivity contribution is -0.247. The molecule has 0 saturated carbocycles. The van der Waals surface area contributed by atoms with E-state index in [1.165, 1.54) is 52.4 Å². The molecule has 2 aromatic heterocycles. The van der Waals surface area contributed by atoms with E-state index >= 15 is 0 Å². The summed E-state index contributed by atoms with van der Waals surface area (Å²) in [4.78, 5) is 94.8. The number of nitrogens with one attached hydrogen (secondary N) is 2. The number of hydrogen-bond donors (Lipinski definition) is 9. The Morgan fingerprint density at radius 2 is 1.50 bits per heavy atom. The number of allylic oxidation sites excluding steroid dienone is 2. The number of nitrogen functional groups attached to an aromatic ring is 1. The van der Waals surface area contributed by atoms with E-state index in [4.69, 9.17) is 10.5 Å². The molecule has 2 amide bonds. The Morgan fingerprint density at radius 3 is 2.13 bits per heavy atom. The fourth-order valence-electron chi connectivity index (χ4n) is 6.69. The molecule has 3 unspecified atom stereocenters. The van der Waals surface area contributed by atoms with Crippen LogP contribution in [0.3, 0.4) is 0 Å². The van der Waals surface area contributed by atoms with Crippen LogP contribution in [0.25, 0.3) is 11.2 Å². The van der Waals surface area contributed by atoms with Gasteiger partial charge in [0.25, 0.3) is 23.5 Å². The highest BCUT2D eigenvalue weighted by atomic mass is 32.2. The van der Waals surface area contributed by atoms with Gasteiger partial charge in [-0.3, -0.25) is 32.6 Å². The summed E-state index contributed by atoms with van der Waals surface area (Å²) in [5.74, 6) is -1.12. The van der Waals surface area contributed by atoms with Gasteiger partial charge in [0.15, 0.2) is 22.8 Å². The van der Waals surface area contributed by atoms with E-state index < -0.39 is 84.6 Å². The van der Waals surface area contributed by atoms with Crippen molar-refractivity contribution >= 4 is 69.1 Å². The number of aliphatic hydroxyl groups is 2. The molecule has 1 aliphatic rings. The van der Waals surface area contributed by atoms with Crippen LogP contribution < -0.4 is 49.5 Å². The van der Waals surface area contributed by atoms with Crippen LogP contribution in [0.15, 0.2) is 24.8 Å². The molecule has 1 aliphatic heterocycles. The normalized spacial score (nSPS) is 20.0. The minimum Gasteiger partial charge on any atom is -0.756 e. The first-order valence-corrected chi connectivity index (χ1v) is 27.6. The van der Waals surface area contributed by atoms with Crippen LogP contribution in [0.2, 0.25) is 0 Å². The van der Waals surface area contributed by atoms with Crippen LogP contribution in [-0.2, 0) is 50.7 Å². The first-order chi connectivity index (χ1) is 31.6. The van der Waals surface area contributed by atoms with Crippen molar-refractivity contribution in [2.45, 2.75) is 148 Å². The van der Waals surface area contributed by atoms with E-state index in [1.807, 2.05) is 0 Å². The molecule has 2 aromatic rings. The third kappa shape index (κ3) is 24.7. The quantitative estimate of drug-likeness (QED) is 0.0272. The van der Waals surface area contributed by atoms with Crippen LogP contribution in [0, 0.1) is 5.41 Å². The number of aromatic nitrogens is 4. The molecule has 1 fully saturated rings. The smallest absolute Gasteiger partial charge is 0.274 e. The molecule has 0 aromatic carbocycles. The predicted octanol–water partition coefficient (Wildman–Crippen LogP) is 3.93. The number of carbonyl (C=O) groups is 3. The summed E-state index contributed by atoms with van der Waals surface area (Å²) < 4.78 is 61.1. The molecule has 3 rings (SSSR count). The number of unbranched alkanes of at least 4 members (excludes halogenated alkanes) is 11. The Bertz CT molecular complexity index is 2050. The molecule has 0 bridgehead atoms. The number of nitrogens with zero attached hydrogens (tertiary/aromatic N) is 4. The second kappa shape index (κ2) is 33.1. The monoisotopic (exact) mass is 1080 g/mol. The van der Waals surface area contributed by atoms with Gasteiger partial charge < -0.3 is 82.9 Å². The first-order valence-electron chi connectivity index (χ1n) is 22.2. The molecular weight excluding hydrogens is 1010 g/mol. The van der Waals surface area contributed by atoms with Crippen molar-refractivity contribution in [1.82, 2.24) is 48.6 Å². The lowest BCUT2D eigenvalue weighted by Crippen LogP contribution is -2.46. The van der Waals surface area contributed by atoms with E-state index in [9.17, 15) is 57.9 Å². The Labute approximate surface area is 412 Å². The fourth-order valence-corrected chi connectivity index (χ4v) is 10.2. The van der Waals surface area contributed by atoms with Gasteiger partial charge in [-0.1, -0.05) is 96.1 Å². The Morgan fingerprint density at radius 1 is 0.900 bits per heavy atom. The summed E-state index contributed by atoms with van der Waals surface area (Å²) in [5, 5.41) is 26.5. The number of rotatable bonds is 34. The highest BCUT2D eigenvalue weighted by Crippen LogP contribution is 2.56. The van der Waals surface area contributed by atoms with Gasteiger partial charge in [-0.05, 0) is 32.1 Å². The van der Waals surface area contributed by atoms with E-state index in [0.29, 0.717) is 12.2 Å². The predicted molar refractivity (Wildman–Crippen MR) is 258 cm³/mol. The van der Waals surface area contributed by atoms with Crippen molar-refractivity contribution < 1.29 is 80.5 Å². The van der Waals surface area contributed by atoms with Crippen molar-refractivity contribution in [2.24, 2.45) is 5.41 Å². The number of thioether (sulfide) groups is 1. The molecule has 1 saturated heterocycles. The molecular formula is C39H77N10O17P3S. The number of phosphoric acid groups is 3. The van der Waals surface area contributed by atoms with Crippen molar-refractivity contribution in [1.29, 1.82) is 0 Å². The van der Waals surface area contributed by atoms with Crippen molar-refractivity contribution in [2.75, 3.05) is 37.8 Å². The lowest BCUT2D eigenvalue weighted by Gasteiger charge is -2.35. The van der Waals surface area contributed by atoms with E-state index in [-0.39, 0.29) is 60.1 Å². The summed E-state index contributed by atoms with van der Waals surface area (Å²) in [5.41, 5.74) is 4.13. The van der Waals surface area contributed by atoms with Gasteiger partial charge in [0, 0.05) is 37.1 Å². The number of phosphoric ester groups is 3. The van der Waals surface area contributed by atoms with Gasteiger partial charge in [-0.25, -0.2) is 19.3 Å². The zero-order valence-electron chi connectivity index (χ0n) is 41.0. The van der Waals surface area contributed by atoms with Crippen LogP contribution in [0.1, 0.15) is 123 Å². The SMILES string of the molecule is CCCCCCCC/C=C\CCCCCCCC(=O)SCCNC(=O)CCNC(=O)[C@H](O)C(C)(C)COP(=O)([O-])OP(=O)([O-])OC[C@H]1O[C@@H](n2cnc3c(N)ncnc32)[C@H](O)[C@@H]1OP(=O)([O-])O.[NH4+].[NH4+].[NH4+]. The van der Waals surface area contributed by atoms with Gasteiger partial charge in [0.1, 0.15) is 36.3 Å². The topological polar surface area (TPSA) is 482 Å². The number of anilines is 1. The van der Waals surface area contributed by atoms with Crippen LogP contribution in [-0.4, -0.2) is 108 Å².